The van der Waals surface area contributed by atoms with E-state index >= 15 is 0 Å². The molecule has 0 aliphatic heterocycles. The van der Waals surface area contributed by atoms with Crippen molar-refractivity contribution in [2.75, 3.05) is 0 Å². The maximum absolute atomic E-state index is 5.85. The molecule has 0 radical (unpaired) electrons. The fourth-order valence-electron chi connectivity index (χ4n) is 0.929. The molecule has 0 fully saturated rings. The second kappa shape index (κ2) is 3.86. The van der Waals surface area contributed by atoms with Crippen molar-refractivity contribution in [3.8, 4) is 11.4 Å². The lowest BCUT2D eigenvalue weighted by Crippen LogP contribution is -1.91. The van der Waals surface area contributed by atoms with Gasteiger partial charge in [0.05, 0.1) is 5.56 Å². The third-order valence-electron chi connectivity index (χ3n) is 1.52. The van der Waals surface area contributed by atoms with Gasteiger partial charge in [-0.05, 0) is 17.7 Å². The minimum atomic E-state index is 0.106. The van der Waals surface area contributed by atoms with Gasteiger partial charge >= 0.3 is 0 Å². The van der Waals surface area contributed by atoms with E-state index in [1.807, 2.05) is 0 Å². The smallest absolute Gasteiger partial charge is 0.223 e. The number of aromatic nitrogens is 4. The van der Waals surface area contributed by atoms with Crippen LogP contribution in [0.3, 0.4) is 0 Å². The van der Waals surface area contributed by atoms with Crippen molar-refractivity contribution in [2.45, 2.75) is 0 Å². The van der Waals surface area contributed by atoms with Crippen LogP contribution in [0.2, 0.25) is 10.4 Å². The summed E-state index contributed by atoms with van der Waals surface area (Å²) >= 11 is 11.4. The summed E-state index contributed by atoms with van der Waals surface area (Å²) in [7, 11) is 0. The first kappa shape index (κ1) is 9.30. The summed E-state index contributed by atoms with van der Waals surface area (Å²) in [5.74, 6) is 0.481. The summed E-state index contributed by atoms with van der Waals surface area (Å²) in [5, 5.41) is 0.353. The highest BCUT2D eigenvalue weighted by molar-refractivity contribution is 6.33. The van der Waals surface area contributed by atoms with E-state index < -0.39 is 0 Å². The van der Waals surface area contributed by atoms with Gasteiger partial charge in [-0.15, -0.1) is 0 Å². The van der Waals surface area contributed by atoms with Gasteiger partial charge in [-0.3, -0.25) is 0 Å². The van der Waals surface area contributed by atoms with Gasteiger partial charge in [0, 0.05) is 18.6 Å². The van der Waals surface area contributed by atoms with Gasteiger partial charge in [0.2, 0.25) is 5.28 Å². The van der Waals surface area contributed by atoms with Gasteiger partial charge < -0.3 is 0 Å². The lowest BCUT2D eigenvalue weighted by Gasteiger charge is -2.00. The Balaban J connectivity index is 2.53. The molecule has 2 aromatic rings. The number of nitrogens with zero attached hydrogens (tertiary/aromatic N) is 4. The van der Waals surface area contributed by atoms with Gasteiger partial charge in [0.15, 0.2) is 5.82 Å². The van der Waals surface area contributed by atoms with Crippen LogP contribution < -0.4 is 0 Å². The van der Waals surface area contributed by atoms with Crippen molar-refractivity contribution < 1.29 is 0 Å². The van der Waals surface area contributed by atoms with Crippen molar-refractivity contribution in [3.63, 3.8) is 0 Å². The Kier molecular flexibility index (Phi) is 2.56. The summed E-state index contributed by atoms with van der Waals surface area (Å²) in [4.78, 5) is 15.6. The Morgan fingerprint density at radius 3 is 2.36 bits per heavy atom. The lowest BCUT2D eigenvalue weighted by molar-refractivity contribution is 1.12. The Hall–Kier alpha value is -1.26. The monoisotopic (exact) mass is 226 g/mol. The van der Waals surface area contributed by atoms with Crippen LogP contribution in [-0.4, -0.2) is 19.9 Å². The van der Waals surface area contributed by atoms with E-state index in [1.165, 1.54) is 6.20 Å². The highest BCUT2D eigenvalue weighted by Crippen LogP contribution is 2.22. The maximum Gasteiger partial charge on any atom is 0.223 e. The molecule has 0 saturated carbocycles. The lowest BCUT2D eigenvalue weighted by atomic mass is 10.3. The molecule has 0 atom stereocenters. The highest BCUT2D eigenvalue weighted by Gasteiger charge is 2.07. The molecule has 0 spiro atoms. The summed E-state index contributed by atoms with van der Waals surface area (Å²) in [6.07, 6.45) is 4.73. The van der Waals surface area contributed by atoms with Crippen LogP contribution in [0.15, 0.2) is 24.7 Å². The summed E-state index contributed by atoms with van der Waals surface area (Å²) in [6.45, 7) is 0. The zero-order chi connectivity index (χ0) is 9.97. The third kappa shape index (κ3) is 1.81. The van der Waals surface area contributed by atoms with E-state index in [-0.39, 0.29) is 10.4 Å². The molecule has 4 nitrogen and oxygen atoms in total. The van der Waals surface area contributed by atoms with Gasteiger partial charge in [-0.25, -0.2) is 19.9 Å². The minimum absolute atomic E-state index is 0.106. The molecule has 0 aromatic carbocycles. The Labute approximate surface area is 90.0 Å². The van der Waals surface area contributed by atoms with Crippen LogP contribution in [0.25, 0.3) is 11.4 Å². The van der Waals surface area contributed by atoms with E-state index in [9.17, 15) is 0 Å². The Morgan fingerprint density at radius 2 is 1.71 bits per heavy atom. The fourth-order valence-corrected chi connectivity index (χ4v) is 1.32. The first-order chi connectivity index (χ1) is 6.77. The molecule has 0 unspecified atom stereocenters. The van der Waals surface area contributed by atoms with Crippen molar-refractivity contribution in [3.05, 3.63) is 35.1 Å². The second-order valence-electron chi connectivity index (χ2n) is 2.42. The molecule has 0 bridgehead atoms. The van der Waals surface area contributed by atoms with Crippen LogP contribution in [-0.2, 0) is 0 Å². The second-order valence-corrected chi connectivity index (χ2v) is 3.11. The number of hydrogen-bond acceptors (Lipinski definition) is 4. The molecule has 0 aliphatic carbocycles. The minimum Gasteiger partial charge on any atom is -0.236 e. The zero-order valence-corrected chi connectivity index (χ0v) is 8.37. The molecule has 0 amide bonds. The SMILES string of the molecule is Clc1ncc(-c2ncccn2)c(Cl)n1. The Bertz CT molecular complexity index is 446. The van der Waals surface area contributed by atoms with Crippen LogP contribution in [0.5, 0.6) is 0 Å². The van der Waals surface area contributed by atoms with E-state index in [2.05, 4.69) is 19.9 Å². The summed E-state index contributed by atoms with van der Waals surface area (Å²) in [5.41, 5.74) is 0.566. The molecular weight excluding hydrogens is 223 g/mol. The number of rotatable bonds is 1. The summed E-state index contributed by atoms with van der Waals surface area (Å²) < 4.78 is 0. The molecular formula is C8H4Cl2N4. The standard InChI is InChI=1S/C8H4Cl2N4/c9-6-5(4-13-8(10)14-6)7-11-2-1-3-12-7/h1-4H. The van der Waals surface area contributed by atoms with Crippen LogP contribution in [0, 0.1) is 0 Å². The van der Waals surface area contributed by atoms with E-state index in [0.29, 0.717) is 11.4 Å². The van der Waals surface area contributed by atoms with Crippen LogP contribution in [0.1, 0.15) is 0 Å². The van der Waals surface area contributed by atoms with Gasteiger partial charge in [0.1, 0.15) is 5.15 Å². The van der Waals surface area contributed by atoms with Crippen molar-refractivity contribution >= 4 is 23.2 Å². The third-order valence-corrected chi connectivity index (χ3v) is 1.99. The molecule has 2 aromatic heterocycles. The first-order valence-electron chi connectivity index (χ1n) is 3.73. The average Bonchev–Trinajstić information content (AvgIpc) is 2.19. The van der Waals surface area contributed by atoms with E-state index in [1.54, 1.807) is 18.5 Å². The van der Waals surface area contributed by atoms with Crippen molar-refractivity contribution in [1.29, 1.82) is 0 Å². The molecule has 14 heavy (non-hydrogen) atoms. The molecule has 6 heteroatoms. The number of halogens is 2. The molecule has 70 valence electrons. The van der Waals surface area contributed by atoms with Crippen molar-refractivity contribution in [2.24, 2.45) is 0 Å². The largest absolute Gasteiger partial charge is 0.236 e. The number of hydrogen-bond donors (Lipinski definition) is 0. The zero-order valence-electron chi connectivity index (χ0n) is 6.85. The maximum atomic E-state index is 5.85. The van der Waals surface area contributed by atoms with Crippen LogP contribution >= 0.6 is 23.2 Å². The topological polar surface area (TPSA) is 51.6 Å². The van der Waals surface area contributed by atoms with E-state index in [4.69, 9.17) is 23.2 Å². The van der Waals surface area contributed by atoms with Crippen LogP contribution in [0.4, 0.5) is 0 Å². The highest BCUT2D eigenvalue weighted by atomic mass is 35.5. The van der Waals surface area contributed by atoms with E-state index in [0.717, 1.165) is 0 Å². The molecule has 2 heterocycles. The predicted octanol–water partition coefficient (Wildman–Crippen LogP) is 2.24. The van der Waals surface area contributed by atoms with Gasteiger partial charge in [-0.1, -0.05) is 11.6 Å². The summed E-state index contributed by atoms with van der Waals surface area (Å²) in [6, 6.07) is 1.72. The molecule has 2 rings (SSSR count). The predicted molar refractivity (Wildman–Crippen MR) is 53.1 cm³/mol. The molecule has 0 aliphatic rings. The van der Waals surface area contributed by atoms with Gasteiger partial charge in [-0.2, -0.15) is 0 Å². The normalized spacial score (nSPS) is 10.1. The molecule has 0 N–H and O–H groups in total. The van der Waals surface area contributed by atoms with Gasteiger partial charge in [0.25, 0.3) is 0 Å². The van der Waals surface area contributed by atoms with Crippen molar-refractivity contribution in [1.82, 2.24) is 19.9 Å². The fraction of sp³-hybridized carbons (Fsp3) is 0. The average molecular weight is 227 g/mol. The quantitative estimate of drug-likeness (QED) is 0.553. The Morgan fingerprint density at radius 1 is 1.00 bits per heavy atom. The first-order valence-corrected chi connectivity index (χ1v) is 4.48. The molecule has 0 saturated heterocycles.